The maximum Gasteiger partial charge on any atom is 0.211 e. The molecule has 2 aromatic carbocycles. The molecule has 0 fully saturated rings. The van der Waals surface area contributed by atoms with E-state index >= 15 is 0 Å². The molecular weight excluding hydrogens is 266 g/mol. The van der Waals surface area contributed by atoms with Crippen molar-refractivity contribution in [3.8, 4) is 0 Å². The minimum absolute atomic E-state index is 0.0584. The summed E-state index contributed by atoms with van der Waals surface area (Å²) >= 11 is 0. The van der Waals surface area contributed by atoms with Gasteiger partial charge in [0.2, 0.25) is 6.54 Å². The number of hydrogen-bond donors (Lipinski definition) is 0. The van der Waals surface area contributed by atoms with Gasteiger partial charge in [0, 0.05) is 4.92 Å². The molecule has 0 radical (unpaired) electrons. The summed E-state index contributed by atoms with van der Waals surface area (Å²) in [5.41, 5.74) is 1.64. The zero-order valence-corrected chi connectivity index (χ0v) is 11.8. The average Bonchev–Trinajstić information content (AvgIpc) is 2.48. The van der Waals surface area contributed by atoms with Gasteiger partial charge in [-0.1, -0.05) is 60.7 Å². The van der Waals surface area contributed by atoms with Crippen LogP contribution in [0.1, 0.15) is 29.9 Å². The van der Waals surface area contributed by atoms with Gasteiger partial charge in [0.1, 0.15) is 5.78 Å². The highest BCUT2D eigenvalue weighted by Gasteiger charge is 2.32. The predicted octanol–water partition coefficient (Wildman–Crippen LogP) is 3.42. The fourth-order valence-corrected chi connectivity index (χ4v) is 2.67. The van der Waals surface area contributed by atoms with Gasteiger partial charge < -0.3 is 0 Å². The number of carbonyl (C=O) groups excluding carboxylic acids is 1. The van der Waals surface area contributed by atoms with E-state index in [-0.39, 0.29) is 17.3 Å². The number of Topliss-reactive ketones (excluding diaryl/α,β-unsaturated/α-hetero) is 1. The Kier molecular flexibility index (Phi) is 4.82. The number of benzene rings is 2. The lowest BCUT2D eigenvalue weighted by molar-refractivity contribution is -0.483. The van der Waals surface area contributed by atoms with Gasteiger partial charge in [0.15, 0.2) is 0 Å². The highest BCUT2D eigenvalue weighted by atomic mass is 16.6. The van der Waals surface area contributed by atoms with Crippen molar-refractivity contribution in [2.75, 3.05) is 6.54 Å². The second-order valence-corrected chi connectivity index (χ2v) is 5.03. The Morgan fingerprint density at radius 2 is 1.48 bits per heavy atom. The van der Waals surface area contributed by atoms with Crippen molar-refractivity contribution >= 4 is 5.78 Å². The minimum atomic E-state index is -0.501. The van der Waals surface area contributed by atoms with Gasteiger partial charge in [-0.2, -0.15) is 0 Å². The summed E-state index contributed by atoms with van der Waals surface area (Å²) in [7, 11) is 0. The summed E-state index contributed by atoms with van der Waals surface area (Å²) in [6.45, 7) is 1.23. The fourth-order valence-electron chi connectivity index (χ4n) is 2.67. The summed E-state index contributed by atoms with van der Waals surface area (Å²) in [6.07, 6.45) is 0. The monoisotopic (exact) mass is 283 g/mol. The van der Waals surface area contributed by atoms with Crippen LogP contribution in [0.15, 0.2) is 60.7 Å². The second-order valence-electron chi connectivity index (χ2n) is 5.03. The molecule has 0 aliphatic heterocycles. The molecule has 0 aliphatic rings. The molecule has 0 bridgehead atoms. The fraction of sp³-hybridized carbons (Fsp3) is 0.235. The summed E-state index contributed by atoms with van der Waals surface area (Å²) in [5, 5.41) is 11.0. The van der Waals surface area contributed by atoms with Gasteiger partial charge in [0.05, 0.1) is 11.8 Å². The lowest BCUT2D eigenvalue weighted by Crippen LogP contribution is -2.24. The van der Waals surface area contributed by atoms with Crippen LogP contribution in [-0.2, 0) is 4.79 Å². The van der Waals surface area contributed by atoms with Crippen molar-refractivity contribution in [2.45, 2.75) is 18.8 Å². The van der Waals surface area contributed by atoms with Crippen LogP contribution in [0.25, 0.3) is 0 Å². The molecule has 0 amide bonds. The highest BCUT2D eigenvalue weighted by molar-refractivity contribution is 5.84. The van der Waals surface area contributed by atoms with Gasteiger partial charge in [-0.05, 0) is 18.1 Å². The summed E-state index contributed by atoms with van der Waals surface area (Å²) in [4.78, 5) is 22.8. The Hall–Kier alpha value is -2.49. The van der Waals surface area contributed by atoms with E-state index < -0.39 is 11.8 Å². The van der Waals surface area contributed by atoms with Crippen LogP contribution < -0.4 is 0 Å². The van der Waals surface area contributed by atoms with Crippen LogP contribution in [-0.4, -0.2) is 17.3 Å². The van der Waals surface area contributed by atoms with Gasteiger partial charge in [-0.25, -0.2) is 0 Å². The van der Waals surface area contributed by atoms with Crippen LogP contribution in [0.4, 0.5) is 0 Å². The van der Waals surface area contributed by atoms with E-state index in [2.05, 4.69) is 0 Å². The summed E-state index contributed by atoms with van der Waals surface area (Å²) < 4.78 is 0. The Balaban J connectivity index is 2.46. The topological polar surface area (TPSA) is 60.2 Å². The second kappa shape index (κ2) is 6.79. The molecule has 0 spiro atoms. The third-order valence-corrected chi connectivity index (χ3v) is 3.57. The summed E-state index contributed by atoms with van der Waals surface area (Å²) in [5.74, 6) is -1.02. The first-order valence-electron chi connectivity index (χ1n) is 6.81. The molecule has 2 unspecified atom stereocenters. The maximum absolute atomic E-state index is 12.1. The van der Waals surface area contributed by atoms with Crippen molar-refractivity contribution in [2.24, 2.45) is 0 Å². The summed E-state index contributed by atoms with van der Waals surface area (Å²) in [6, 6.07) is 18.5. The van der Waals surface area contributed by atoms with E-state index in [0.717, 1.165) is 11.1 Å². The Morgan fingerprint density at radius 3 is 1.90 bits per heavy atom. The third-order valence-electron chi connectivity index (χ3n) is 3.57. The van der Waals surface area contributed by atoms with Crippen LogP contribution in [0.3, 0.4) is 0 Å². The molecule has 0 saturated heterocycles. The van der Waals surface area contributed by atoms with Gasteiger partial charge in [-0.15, -0.1) is 0 Å². The van der Waals surface area contributed by atoms with E-state index in [0.29, 0.717) is 0 Å². The molecule has 0 saturated carbocycles. The van der Waals surface area contributed by atoms with Crippen LogP contribution in [0, 0.1) is 10.1 Å². The maximum atomic E-state index is 12.1. The normalized spacial score (nSPS) is 13.4. The minimum Gasteiger partial charge on any atom is -0.299 e. The van der Waals surface area contributed by atoms with Gasteiger partial charge in [0.25, 0.3) is 0 Å². The number of nitrogens with zero attached hydrogens (tertiary/aromatic N) is 1. The molecule has 2 aromatic rings. The number of rotatable bonds is 6. The molecule has 108 valence electrons. The van der Waals surface area contributed by atoms with Gasteiger partial charge >= 0.3 is 0 Å². The highest BCUT2D eigenvalue weighted by Crippen LogP contribution is 2.34. The van der Waals surface area contributed by atoms with E-state index in [4.69, 9.17) is 0 Å². The van der Waals surface area contributed by atoms with Crippen molar-refractivity contribution in [1.29, 1.82) is 0 Å². The van der Waals surface area contributed by atoms with Crippen molar-refractivity contribution in [1.82, 2.24) is 0 Å². The molecule has 2 rings (SSSR count). The average molecular weight is 283 g/mol. The van der Waals surface area contributed by atoms with E-state index in [1.165, 1.54) is 6.92 Å². The standard InChI is InChI=1S/C17H17NO3/c1-13(19)17(15-10-6-3-7-11-15)16(12-18(20)21)14-8-4-2-5-9-14/h2-11,16-17H,12H2,1H3. The zero-order chi connectivity index (χ0) is 15.2. The van der Waals surface area contributed by atoms with Gasteiger partial charge in [-0.3, -0.25) is 14.9 Å². The molecule has 0 aliphatic carbocycles. The number of ketones is 1. The number of hydrogen-bond acceptors (Lipinski definition) is 3. The van der Waals surface area contributed by atoms with Crippen molar-refractivity contribution in [3.63, 3.8) is 0 Å². The van der Waals surface area contributed by atoms with Crippen LogP contribution >= 0.6 is 0 Å². The lowest BCUT2D eigenvalue weighted by atomic mass is 9.79. The Morgan fingerprint density at radius 1 is 1.00 bits per heavy atom. The van der Waals surface area contributed by atoms with Crippen LogP contribution in [0.2, 0.25) is 0 Å². The first-order valence-corrected chi connectivity index (χ1v) is 6.81. The molecule has 0 N–H and O–H groups in total. The quantitative estimate of drug-likeness (QED) is 0.603. The molecular formula is C17H17NO3. The zero-order valence-electron chi connectivity index (χ0n) is 11.8. The molecule has 21 heavy (non-hydrogen) atoms. The van der Waals surface area contributed by atoms with E-state index in [9.17, 15) is 14.9 Å². The SMILES string of the molecule is CC(=O)C(c1ccccc1)C(C[N+](=O)[O-])c1ccccc1. The predicted molar refractivity (Wildman–Crippen MR) is 80.9 cm³/mol. The van der Waals surface area contributed by atoms with E-state index in [1.807, 2.05) is 60.7 Å². The Bertz CT molecular complexity index is 610. The van der Waals surface area contributed by atoms with Crippen molar-refractivity contribution in [3.05, 3.63) is 81.9 Å². The number of carbonyl (C=O) groups is 1. The number of nitro groups is 1. The smallest absolute Gasteiger partial charge is 0.211 e. The van der Waals surface area contributed by atoms with Crippen molar-refractivity contribution < 1.29 is 9.72 Å². The first-order chi connectivity index (χ1) is 10.1. The van der Waals surface area contributed by atoms with E-state index in [1.54, 1.807) is 0 Å². The lowest BCUT2D eigenvalue weighted by Gasteiger charge is -2.23. The largest absolute Gasteiger partial charge is 0.299 e. The molecule has 4 nitrogen and oxygen atoms in total. The third kappa shape index (κ3) is 3.75. The van der Waals surface area contributed by atoms with Crippen LogP contribution in [0.5, 0.6) is 0 Å². The molecule has 4 heteroatoms. The first kappa shape index (κ1) is 14.9. The molecule has 2 atom stereocenters. The Labute approximate surface area is 123 Å². The molecule has 0 aromatic heterocycles. The molecule has 0 heterocycles.